The summed E-state index contributed by atoms with van der Waals surface area (Å²) in [4.78, 5) is 25.7. The maximum Gasteiger partial charge on any atom is 0.323 e. The highest BCUT2D eigenvalue weighted by molar-refractivity contribution is 6.00. The summed E-state index contributed by atoms with van der Waals surface area (Å²) >= 11 is 0. The zero-order valence-corrected chi connectivity index (χ0v) is 15.0. The molecule has 2 aromatic carbocycles. The minimum atomic E-state index is -0.337. The predicted octanol–water partition coefficient (Wildman–Crippen LogP) is 3.63. The number of fused-ring (bicyclic) bond motifs is 1. The van der Waals surface area contributed by atoms with Crippen molar-refractivity contribution in [2.45, 2.75) is 26.8 Å². The van der Waals surface area contributed by atoms with Crippen LogP contribution in [-0.2, 0) is 17.8 Å². The van der Waals surface area contributed by atoms with Crippen molar-refractivity contribution in [3.63, 3.8) is 0 Å². The lowest BCUT2D eigenvalue weighted by molar-refractivity contribution is -0.129. The number of para-hydroxylation sites is 2. The fourth-order valence-electron chi connectivity index (χ4n) is 3.04. The third-order valence-corrected chi connectivity index (χ3v) is 4.36. The van der Waals surface area contributed by atoms with Crippen molar-refractivity contribution in [3.8, 4) is 5.75 Å². The Bertz CT molecular complexity index is 820. The van der Waals surface area contributed by atoms with Gasteiger partial charge in [-0.15, -0.1) is 0 Å². The molecule has 1 heterocycles. The molecule has 0 aromatic heterocycles. The van der Waals surface area contributed by atoms with Gasteiger partial charge in [-0.3, -0.25) is 4.79 Å². The van der Waals surface area contributed by atoms with Crippen molar-refractivity contribution in [1.29, 1.82) is 0 Å². The lowest BCUT2D eigenvalue weighted by Crippen LogP contribution is -2.34. The Labute approximate surface area is 153 Å². The second-order valence-electron chi connectivity index (χ2n) is 6.18. The molecule has 6 nitrogen and oxygen atoms in total. The molecule has 2 aromatic rings. The number of carbonyl (C=O) groups excluding carboxylic acids is 2. The number of hydrogen-bond donors (Lipinski definition) is 2. The quantitative estimate of drug-likeness (QED) is 0.882. The number of urea groups is 1. The van der Waals surface area contributed by atoms with Crippen molar-refractivity contribution in [2.24, 2.45) is 0 Å². The van der Waals surface area contributed by atoms with Crippen molar-refractivity contribution in [3.05, 3.63) is 53.6 Å². The molecule has 0 atom stereocenters. The Kier molecular flexibility index (Phi) is 5.41. The Morgan fingerprint density at radius 2 is 1.92 bits per heavy atom. The van der Waals surface area contributed by atoms with Crippen molar-refractivity contribution >= 4 is 23.3 Å². The van der Waals surface area contributed by atoms with Gasteiger partial charge in [0, 0.05) is 25.7 Å². The number of rotatable bonds is 4. The van der Waals surface area contributed by atoms with Crippen LogP contribution < -0.4 is 15.4 Å². The van der Waals surface area contributed by atoms with Gasteiger partial charge in [0.2, 0.25) is 5.91 Å². The standard InChI is InChI=1S/C20H23N3O3/c1-3-26-19-7-5-4-6-18(19)22-20(25)21-17-9-8-15-10-11-23(14(2)24)13-16(15)12-17/h4-9,12H,3,10-11,13H2,1-2H3,(H2,21,22,25). The summed E-state index contributed by atoms with van der Waals surface area (Å²) in [7, 11) is 0. The number of ether oxygens (including phenoxy) is 1. The van der Waals surface area contributed by atoms with Gasteiger partial charge in [0.15, 0.2) is 0 Å². The third-order valence-electron chi connectivity index (χ3n) is 4.36. The predicted molar refractivity (Wildman–Crippen MR) is 101 cm³/mol. The maximum absolute atomic E-state index is 12.3. The van der Waals surface area contributed by atoms with Gasteiger partial charge >= 0.3 is 6.03 Å². The molecule has 0 saturated heterocycles. The first-order chi connectivity index (χ1) is 12.6. The second-order valence-corrected chi connectivity index (χ2v) is 6.18. The topological polar surface area (TPSA) is 70.7 Å². The van der Waals surface area contributed by atoms with Gasteiger partial charge < -0.3 is 20.3 Å². The summed E-state index contributed by atoms with van der Waals surface area (Å²) in [6, 6.07) is 12.8. The van der Waals surface area contributed by atoms with Crippen molar-refractivity contribution in [1.82, 2.24) is 4.90 Å². The summed E-state index contributed by atoms with van der Waals surface area (Å²) in [5.41, 5.74) is 3.60. The van der Waals surface area contributed by atoms with Crippen LogP contribution in [0.4, 0.5) is 16.2 Å². The van der Waals surface area contributed by atoms with E-state index < -0.39 is 0 Å². The SMILES string of the molecule is CCOc1ccccc1NC(=O)Nc1ccc2c(c1)CN(C(C)=O)CC2. The number of carbonyl (C=O) groups is 2. The molecule has 0 aliphatic carbocycles. The average molecular weight is 353 g/mol. The number of nitrogens with zero attached hydrogens (tertiary/aromatic N) is 1. The fraction of sp³-hybridized carbons (Fsp3) is 0.300. The van der Waals surface area contributed by atoms with Crippen LogP contribution in [0.25, 0.3) is 0 Å². The van der Waals surface area contributed by atoms with E-state index in [-0.39, 0.29) is 11.9 Å². The highest BCUT2D eigenvalue weighted by atomic mass is 16.5. The average Bonchev–Trinajstić information content (AvgIpc) is 2.63. The van der Waals surface area contributed by atoms with Gasteiger partial charge in [-0.05, 0) is 48.7 Å². The lowest BCUT2D eigenvalue weighted by atomic mass is 9.99. The molecule has 1 aliphatic heterocycles. The zero-order chi connectivity index (χ0) is 18.5. The van der Waals surface area contributed by atoms with Gasteiger partial charge in [0.1, 0.15) is 5.75 Å². The van der Waals surface area contributed by atoms with E-state index in [2.05, 4.69) is 10.6 Å². The van der Waals surface area contributed by atoms with E-state index in [4.69, 9.17) is 4.74 Å². The van der Waals surface area contributed by atoms with Crippen LogP contribution in [-0.4, -0.2) is 30.0 Å². The maximum atomic E-state index is 12.3. The van der Waals surface area contributed by atoms with Gasteiger partial charge in [-0.1, -0.05) is 18.2 Å². The highest BCUT2D eigenvalue weighted by Crippen LogP contribution is 2.25. The molecule has 3 amide bonds. The summed E-state index contributed by atoms with van der Waals surface area (Å²) in [6.07, 6.45) is 0.836. The van der Waals surface area contributed by atoms with Gasteiger partial charge in [0.25, 0.3) is 0 Å². The van der Waals surface area contributed by atoms with Crippen LogP contribution in [0.2, 0.25) is 0 Å². The molecular formula is C20H23N3O3. The number of hydrogen-bond acceptors (Lipinski definition) is 3. The normalized spacial score (nSPS) is 12.9. The van der Waals surface area contributed by atoms with Crippen LogP contribution in [0.5, 0.6) is 5.75 Å². The smallest absolute Gasteiger partial charge is 0.323 e. The minimum Gasteiger partial charge on any atom is -0.492 e. The monoisotopic (exact) mass is 353 g/mol. The van der Waals surface area contributed by atoms with Crippen LogP contribution in [0, 0.1) is 0 Å². The van der Waals surface area contributed by atoms with Crippen LogP contribution >= 0.6 is 0 Å². The Morgan fingerprint density at radius 1 is 1.12 bits per heavy atom. The van der Waals surface area contributed by atoms with E-state index >= 15 is 0 Å². The lowest BCUT2D eigenvalue weighted by Gasteiger charge is -2.28. The Hall–Kier alpha value is -3.02. The van der Waals surface area contributed by atoms with E-state index in [0.717, 1.165) is 18.5 Å². The van der Waals surface area contributed by atoms with Gasteiger partial charge in [-0.25, -0.2) is 4.79 Å². The van der Waals surface area contributed by atoms with E-state index in [1.807, 2.05) is 48.2 Å². The van der Waals surface area contributed by atoms with Crippen molar-refractivity contribution in [2.75, 3.05) is 23.8 Å². The van der Waals surface area contributed by atoms with Gasteiger partial charge in [-0.2, -0.15) is 0 Å². The summed E-state index contributed by atoms with van der Waals surface area (Å²) in [6.45, 7) is 5.32. The third kappa shape index (κ3) is 4.14. The van der Waals surface area contributed by atoms with E-state index in [9.17, 15) is 9.59 Å². The van der Waals surface area contributed by atoms with Crippen LogP contribution in [0.1, 0.15) is 25.0 Å². The molecule has 0 unspecified atom stereocenters. The molecule has 136 valence electrons. The highest BCUT2D eigenvalue weighted by Gasteiger charge is 2.18. The minimum absolute atomic E-state index is 0.0688. The number of amides is 3. The van der Waals surface area contributed by atoms with E-state index in [0.29, 0.717) is 30.3 Å². The summed E-state index contributed by atoms with van der Waals surface area (Å²) in [5.74, 6) is 0.701. The first-order valence-electron chi connectivity index (χ1n) is 8.74. The molecule has 0 radical (unpaired) electrons. The van der Waals surface area contributed by atoms with Crippen LogP contribution in [0.3, 0.4) is 0 Å². The first-order valence-corrected chi connectivity index (χ1v) is 8.74. The largest absolute Gasteiger partial charge is 0.492 e. The van der Waals surface area contributed by atoms with Crippen LogP contribution in [0.15, 0.2) is 42.5 Å². The Morgan fingerprint density at radius 3 is 2.69 bits per heavy atom. The summed E-state index contributed by atoms with van der Waals surface area (Å²) in [5, 5.41) is 5.66. The first kappa shape index (κ1) is 17.8. The number of nitrogens with one attached hydrogen (secondary N) is 2. The number of benzene rings is 2. The molecule has 0 bridgehead atoms. The fourth-order valence-corrected chi connectivity index (χ4v) is 3.04. The molecule has 3 rings (SSSR count). The summed E-state index contributed by atoms with van der Waals surface area (Å²) < 4.78 is 5.52. The second kappa shape index (κ2) is 7.91. The molecule has 0 spiro atoms. The molecule has 0 saturated carbocycles. The molecule has 0 fully saturated rings. The van der Waals surface area contributed by atoms with Gasteiger partial charge in [0.05, 0.1) is 12.3 Å². The molecule has 26 heavy (non-hydrogen) atoms. The van der Waals surface area contributed by atoms with Crippen molar-refractivity contribution < 1.29 is 14.3 Å². The molecule has 2 N–H and O–H groups in total. The Balaban J connectivity index is 1.69. The van der Waals surface area contributed by atoms with E-state index in [1.165, 1.54) is 5.56 Å². The molecule has 1 aliphatic rings. The zero-order valence-electron chi connectivity index (χ0n) is 15.0. The molecule has 6 heteroatoms. The van der Waals surface area contributed by atoms with E-state index in [1.54, 1.807) is 13.0 Å². The molecular weight excluding hydrogens is 330 g/mol. The number of anilines is 2.